The van der Waals surface area contributed by atoms with Gasteiger partial charge in [-0.1, -0.05) is 37.7 Å². The molecule has 1 aliphatic rings. The minimum absolute atomic E-state index is 0.357. The van der Waals surface area contributed by atoms with Crippen LogP contribution in [-0.4, -0.2) is 11.0 Å². The van der Waals surface area contributed by atoms with Gasteiger partial charge in [0.1, 0.15) is 4.99 Å². The van der Waals surface area contributed by atoms with Gasteiger partial charge in [-0.2, -0.15) is 0 Å². The zero-order valence-electron chi connectivity index (χ0n) is 9.38. The molecule has 1 aromatic rings. The number of hydrogen-bond acceptors (Lipinski definition) is 2. The molecule has 1 aliphatic carbocycles. The molecule has 86 valence electrons. The molecule has 4 heteroatoms. The molecule has 1 saturated carbocycles. The van der Waals surface area contributed by atoms with Gasteiger partial charge in [0, 0.05) is 22.3 Å². The summed E-state index contributed by atoms with van der Waals surface area (Å²) in [5, 5.41) is 4.14. The Labute approximate surface area is 106 Å². The normalized spacial score (nSPS) is 21.6. The highest BCUT2D eigenvalue weighted by Gasteiger charge is 2.45. The first kappa shape index (κ1) is 11.7. The van der Waals surface area contributed by atoms with E-state index in [-0.39, 0.29) is 0 Å². The van der Waals surface area contributed by atoms with Gasteiger partial charge in [-0.05, 0) is 30.0 Å². The molecule has 1 atom stereocenters. The van der Waals surface area contributed by atoms with Crippen LogP contribution in [0.5, 0.6) is 0 Å². The number of anilines is 1. The molecule has 1 fully saturated rings. The molecule has 3 N–H and O–H groups in total. The van der Waals surface area contributed by atoms with E-state index in [0.29, 0.717) is 21.5 Å². The van der Waals surface area contributed by atoms with Crippen molar-refractivity contribution in [1.29, 1.82) is 0 Å². The van der Waals surface area contributed by atoms with Crippen molar-refractivity contribution in [3.8, 4) is 0 Å². The topological polar surface area (TPSA) is 38.0 Å². The van der Waals surface area contributed by atoms with Crippen molar-refractivity contribution < 1.29 is 0 Å². The van der Waals surface area contributed by atoms with E-state index in [1.165, 1.54) is 0 Å². The van der Waals surface area contributed by atoms with Crippen LogP contribution in [0.4, 0.5) is 5.69 Å². The summed E-state index contributed by atoms with van der Waals surface area (Å²) in [5.74, 6) is 0. The molecule has 0 heterocycles. The highest BCUT2D eigenvalue weighted by molar-refractivity contribution is 7.80. The van der Waals surface area contributed by atoms with Crippen molar-refractivity contribution >= 4 is 34.5 Å². The van der Waals surface area contributed by atoms with Gasteiger partial charge in [-0.25, -0.2) is 0 Å². The van der Waals surface area contributed by atoms with Crippen molar-refractivity contribution in [1.82, 2.24) is 0 Å². The van der Waals surface area contributed by atoms with E-state index in [4.69, 9.17) is 29.6 Å². The van der Waals surface area contributed by atoms with Crippen molar-refractivity contribution in [2.24, 2.45) is 11.1 Å². The monoisotopic (exact) mass is 254 g/mol. The van der Waals surface area contributed by atoms with E-state index >= 15 is 0 Å². The standard InChI is InChI=1S/C12H15ClN2S/c1-12(2)6-10(12)15-9-5-7(13)3-4-8(9)11(14)16/h3-5,10,15H,6H2,1-2H3,(H2,14,16). The SMILES string of the molecule is CC1(C)CC1Nc1cc(Cl)ccc1C(N)=S. The second kappa shape index (κ2) is 3.90. The van der Waals surface area contributed by atoms with Gasteiger partial charge < -0.3 is 11.1 Å². The second-order valence-electron chi connectivity index (χ2n) is 4.94. The van der Waals surface area contributed by atoms with Crippen LogP contribution in [0.25, 0.3) is 0 Å². The minimum atomic E-state index is 0.357. The molecule has 2 rings (SSSR count). The van der Waals surface area contributed by atoms with Crippen LogP contribution >= 0.6 is 23.8 Å². The van der Waals surface area contributed by atoms with Crippen LogP contribution in [-0.2, 0) is 0 Å². The lowest BCUT2D eigenvalue weighted by molar-refractivity contribution is 0.630. The molecule has 1 unspecified atom stereocenters. The van der Waals surface area contributed by atoms with Crippen LogP contribution in [0, 0.1) is 5.41 Å². The van der Waals surface area contributed by atoms with Gasteiger partial charge in [0.15, 0.2) is 0 Å². The molecular formula is C12H15ClN2S. The summed E-state index contributed by atoms with van der Waals surface area (Å²) < 4.78 is 0. The third kappa shape index (κ3) is 2.30. The Bertz CT molecular complexity index is 443. The largest absolute Gasteiger partial charge is 0.389 e. The quantitative estimate of drug-likeness (QED) is 0.814. The van der Waals surface area contributed by atoms with E-state index in [2.05, 4.69) is 19.2 Å². The van der Waals surface area contributed by atoms with Gasteiger partial charge in [0.2, 0.25) is 0 Å². The van der Waals surface area contributed by atoms with E-state index < -0.39 is 0 Å². The van der Waals surface area contributed by atoms with Gasteiger partial charge in [0.25, 0.3) is 0 Å². The van der Waals surface area contributed by atoms with E-state index in [9.17, 15) is 0 Å². The van der Waals surface area contributed by atoms with Crippen molar-refractivity contribution in [3.63, 3.8) is 0 Å². The van der Waals surface area contributed by atoms with E-state index in [0.717, 1.165) is 17.7 Å². The highest BCUT2D eigenvalue weighted by Crippen LogP contribution is 2.47. The van der Waals surface area contributed by atoms with Gasteiger partial charge in [0.05, 0.1) is 0 Å². The number of hydrogen-bond donors (Lipinski definition) is 2. The Balaban J connectivity index is 2.25. The Morgan fingerprint density at radius 1 is 1.56 bits per heavy atom. The molecule has 1 aromatic carbocycles. The average molecular weight is 255 g/mol. The zero-order valence-corrected chi connectivity index (χ0v) is 11.0. The molecule has 0 bridgehead atoms. The van der Waals surface area contributed by atoms with Crippen LogP contribution in [0.2, 0.25) is 5.02 Å². The van der Waals surface area contributed by atoms with Crippen molar-refractivity contribution in [3.05, 3.63) is 28.8 Å². The van der Waals surface area contributed by atoms with Crippen LogP contribution in [0.3, 0.4) is 0 Å². The summed E-state index contributed by atoms with van der Waals surface area (Å²) in [6, 6.07) is 6.03. The first-order valence-electron chi connectivity index (χ1n) is 5.26. The Hall–Kier alpha value is -0.800. The zero-order chi connectivity index (χ0) is 11.9. The highest BCUT2D eigenvalue weighted by atomic mass is 35.5. The van der Waals surface area contributed by atoms with Gasteiger partial charge in [-0.3, -0.25) is 0 Å². The first-order chi connectivity index (χ1) is 7.40. The summed E-state index contributed by atoms with van der Waals surface area (Å²) in [5.41, 5.74) is 7.84. The van der Waals surface area contributed by atoms with Crippen LogP contribution in [0.1, 0.15) is 25.8 Å². The number of thiocarbonyl (C=S) groups is 1. The lowest BCUT2D eigenvalue weighted by Gasteiger charge is -2.13. The summed E-state index contributed by atoms with van der Waals surface area (Å²) in [6.07, 6.45) is 1.16. The maximum absolute atomic E-state index is 5.97. The number of halogens is 1. The molecular weight excluding hydrogens is 240 g/mol. The maximum atomic E-state index is 5.97. The fourth-order valence-electron chi connectivity index (χ4n) is 1.75. The fraction of sp³-hybridized carbons (Fsp3) is 0.417. The van der Waals surface area contributed by atoms with E-state index in [1.54, 1.807) is 6.07 Å². The predicted molar refractivity (Wildman–Crippen MR) is 73.1 cm³/mol. The second-order valence-corrected chi connectivity index (χ2v) is 5.82. The predicted octanol–water partition coefficient (Wildman–Crippen LogP) is 3.18. The van der Waals surface area contributed by atoms with Gasteiger partial charge >= 0.3 is 0 Å². The molecule has 0 spiro atoms. The van der Waals surface area contributed by atoms with Crippen molar-refractivity contribution in [2.75, 3.05) is 5.32 Å². The number of rotatable bonds is 3. The Morgan fingerprint density at radius 2 is 2.19 bits per heavy atom. The first-order valence-corrected chi connectivity index (χ1v) is 6.05. The molecule has 2 nitrogen and oxygen atoms in total. The molecule has 0 amide bonds. The molecule has 0 aliphatic heterocycles. The molecule has 0 radical (unpaired) electrons. The molecule has 0 aromatic heterocycles. The molecule has 0 saturated heterocycles. The minimum Gasteiger partial charge on any atom is -0.389 e. The summed E-state index contributed by atoms with van der Waals surface area (Å²) in [7, 11) is 0. The molecule has 16 heavy (non-hydrogen) atoms. The lowest BCUT2D eigenvalue weighted by Crippen LogP contribution is -2.16. The van der Waals surface area contributed by atoms with Crippen molar-refractivity contribution in [2.45, 2.75) is 26.3 Å². The van der Waals surface area contributed by atoms with E-state index in [1.807, 2.05) is 12.1 Å². The van der Waals surface area contributed by atoms with Crippen LogP contribution < -0.4 is 11.1 Å². The summed E-state index contributed by atoms with van der Waals surface area (Å²) in [4.78, 5) is 0.401. The summed E-state index contributed by atoms with van der Waals surface area (Å²) >= 11 is 11.0. The third-order valence-corrected chi connectivity index (χ3v) is 3.55. The average Bonchev–Trinajstić information content (AvgIpc) is 2.72. The number of benzene rings is 1. The summed E-state index contributed by atoms with van der Waals surface area (Å²) in [6.45, 7) is 4.46. The van der Waals surface area contributed by atoms with Crippen LogP contribution in [0.15, 0.2) is 18.2 Å². The lowest BCUT2D eigenvalue weighted by atomic mass is 10.1. The fourth-order valence-corrected chi connectivity index (χ4v) is 2.10. The third-order valence-electron chi connectivity index (χ3n) is 3.09. The Morgan fingerprint density at radius 3 is 2.69 bits per heavy atom. The van der Waals surface area contributed by atoms with Gasteiger partial charge in [-0.15, -0.1) is 0 Å². The Kier molecular flexibility index (Phi) is 2.84. The number of nitrogens with one attached hydrogen (secondary N) is 1. The number of nitrogens with two attached hydrogens (primary N) is 1. The smallest absolute Gasteiger partial charge is 0.106 e. The maximum Gasteiger partial charge on any atom is 0.106 e.